The molecule has 0 aromatic heterocycles. The Labute approximate surface area is 124 Å². The minimum atomic E-state index is 0.619. The van der Waals surface area contributed by atoms with Gasteiger partial charge in [0.25, 0.3) is 0 Å². The van der Waals surface area contributed by atoms with Crippen molar-refractivity contribution in [3.8, 4) is 22.6 Å². The summed E-state index contributed by atoms with van der Waals surface area (Å²) in [5.74, 6) is 1.50. The highest BCUT2D eigenvalue weighted by atomic mass is 35.5. The molecule has 0 spiro atoms. The van der Waals surface area contributed by atoms with E-state index in [1.165, 1.54) is 6.38 Å². The summed E-state index contributed by atoms with van der Waals surface area (Å²) in [6, 6.07) is 13.0. The Kier molecular flexibility index (Phi) is 6.60. The lowest BCUT2D eigenvalue weighted by molar-refractivity contribution is 0.112. The first kappa shape index (κ1) is 16.1. The van der Waals surface area contributed by atoms with Crippen molar-refractivity contribution >= 4 is 17.9 Å². The van der Waals surface area contributed by atoms with Crippen LogP contribution in [-0.2, 0) is 0 Å². The van der Waals surface area contributed by atoms with Gasteiger partial charge in [-0.05, 0) is 35.9 Å². The van der Waals surface area contributed by atoms with E-state index in [4.69, 9.17) is 9.47 Å². The molecule has 0 unspecified atom stereocenters. The van der Waals surface area contributed by atoms with Crippen LogP contribution in [0.1, 0.15) is 10.4 Å². The number of halogens is 1. The van der Waals surface area contributed by atoms with Crippen LogP contribution in [0.25, 0.3) is 11.1 Å². The Balaban J connectivity index is 0.000000956. The maximum Gasteiger partial charge on any atom is 0.150 e. The van der Waals surface area contributed by atoms with Crippen LogP contribution >= 0.6 is 11.6 Å². The number of hydrogen-bond acceptors (Lipinski definition) is 3. The molecule has 4 heteroatoms. The maximum atomic E-state index is 10.8. The average Bonchev–Trinajstić information content (AvgIpc) is 2.56. The second kappa shape index (κ2) is 8.23. The summed E-state index contributed by atoms with van der Waals surface area (Å²) >= 11 is 4.64. The molecule has 20 heavy (non-hydrogen) atoms. The van der Waals surface area contributed by atoms with Crippen LogP contribution in [0.15, 0.2) is 42.5 Å². The highest BCUT2D eigenvalue weighted by molar-refractivity contribution is 6.15. The molecule has 0 heterocycles. The van der Waals surface area contributed by atoms with Crippen molar-refractivity contribution in [1.82, 2.24) is 0 Å². The summed E-state index contributed by atoms with van der Waals surface area (Å²) in [6.45, 7) is 0. The summed E-state index contributed by atoms with van der Waals surface area (Å²) in [7, 11) is 3.23. The van der Waals surface area contributed by atoms with Crippen molar-refractivity contribution in [1.29, 1.82) is 0 Å². The quantitative estimate of drug-likeness (QED) is 0.630. The Morgan fingerprint density at radius 1 is 1.00 bits per heavy atom. The van der Waals surface area contributed by atoms with Gasteiger partial charge in [-0.25, -0.2) is 0 Å². The third kappa shape index (κ3) is 3.75. The number of aldehydes is 1. The lowest BCUT2D eigenvalue weighted by Crippen LogP contribution is -1.91. The molecule has 2 aromatic carbocycles. The molecule has 0 amide bonds. The largest absolute Gasteiger partial charge is 0.497 e. The van der Waals surface area contributed by atoms with Gasteiger partial charge < -0.3 is 9.47 Å². The van der Waals surface area contributed by atoms with E-state index in [0.29, 0.717) is 5.56 Å². The van der Waals surface area contributed by atoms with Crippen molar-refractivity contribution < 1.29 is 14.3 Å². The molecular formula is C16H17ClO3. The topological polar surface area (TPSA) is 35.5 Å². The van der Waals surface area contributed by atoms with Crippen molar-refractivity contribution in [3.63, 3.8) is 0 Å². The van der Waals surface area contributed by atoms with Gasteiger partial charge >= 0.3 is 0 Å². The van der Waals surface area contributed by atoms with Gasteiger partial charge in [0.2, 0.25) is 0 Å². The number of carbonyl (C=O) groups excluding carboxylic acids is 1. The van der Waals surface area contributed by atoms with Crippen molar-refractivity contribution in [2.24, 2.45) is 0 Å². The Morgan fingerprint density at radius 2 is 1.75 bits per heavy atom. The smallest absolute Gasteiger partial charge is 0.150 e. The monoisotopic (exact) mass is 292 g/mol. The van der Waals surface area contributed by atoms with E-state index in [1.807, 2.05) is 24.3 Å². The maximum absolute atomic E-state index is 10.8. The number of benzene rings is 2. The van der Waals surface area contributed by atoms with Gasteiger partial charge in [0.05, 0.1) is 14.2 Å². The van der Waals surface area contributed by atoms with Crippen molar-refractivity contribution in [2.45, 2.75) is 0 Å². The van der Waals surface area contributed by atoms with E-state index in [0.717, 1.165) is 28.9 Å². The SMILES string of the molecule is CCl.COc1cccc(-c2cc(C=O)ccc2OC)c1. The summed E-state index contributed by atoms with van der Waals surface area (Å²) in [4.78, 5) is 10.8. The fraction of sp³-hybridized carbons (Fsp3) is 0.188. The van der Waals surface area contributed by atoms with E-state index in [2.05, 4.69) is 11.6 Å². The summed E-state index contributed by atoms with van der Waals surface area (Å²) in [5, 5.41) is 0. The lowest BCUT2D eigenvalue weighted by atomic mass is 10.0. The van der Waals surface area contributed by atoms with Gasteiger partial charge in [0.15, 0.2) is 0 Å². The summed E-state index contributed by atoms with van der Waals surface area (Å²) in [6.07, 6.45) is 2.29. The standard InChI is InChI=1S/C15H14O3.CH3Cl/c1-17-13-5-3-4-12(9-13)14-8-11(10-16)6-7-15(14)18-2;1-2/h3-10H,1-2H3;1H3. The number of rotatable bonds is 4. The molecule has 0 aliphatic carbocycles. The van der Waals surface area contributed by atoms with Crippen LogP contribution in [0.5, 0.6) is 11.5 Å². The average molecular weight is 293 g/mol. The molecule has 0 atom stereocenters. The van der Waals surface area contributed by atoms with Gasteiger partial charge in [-0.2, -0.15) is 0 Å². The van der Waals surface area contributed by atoms with Gasteiger partial charge in [0.1, 0.15) is 17.8 Å². The third-order valence-corrected chi connectivity index (χ3v) is 2.74. The number of ether oxygens (including phenoxy) is 2. The first-order chi connectivity index (χ1) is 9.78. The highest BCUT2D eigenvalue weighted by Gasteiger charge is 2.07. The minimum Gasteiger partial charge on any atom is -0.497 e. The lowest BCUT2D eigenvalue weighted by Gasteiger charge is -2.10. The Hall–Kier alpha value is -2.00. The fourth-order valence-electron chi connectivity index (χ4n) is 1.82. The first-order valence-electron chi connectivity index (χ1n) is 5.94. The van der Waals surface area contributed by atoms with Crippen LogP contribution < -0.4 is 9.47 Å². The number of alkyl halides is 1. The number of carbonyl (C=O) groups is 1. The van der Waals surface area contributed by atoms with E-state index in [9.17, 15) is 4.79 Å². The molecule has 106 valence electrons. The van der Waals surface area contributed by atoms with Crippen LogP contribution in [0.3, 0.4) is 0 Å². The van der Waals surface area contributed by atoms with Crippen LogP contribution in [-0.4, -0.2) is 26.9 Å². The molecular weight excluding hydrogens is 276 g/mol. The van der Waals surface area contributed by atoms with Crippen LogP contribution in [0.4, 0.5) is 0 Å². The number of hydrogen-bond donors (Lipinski definition) is 0. The molecule has 0 bridgehead atoms. The van der Waals surface area contributed by atoms with Gasteiger partial charge in [-0.15, -0.1) is 11.6 Å². The van der Waals surface area contributed by atoms with Crippen molar-refractivity contribution in [3.05, 3.63) is 48.0 Å². The molecule has 0 radical (unpaired) electrons. The van der Waals surface area contributed by atoms with Gasteiger partial charge in [0, 0.05) is 17.5 Å². The van der Waals surface area contributed by atoms with E-state index >= 15 is 0 Å². The molecule has 2 rings (SSSR count). The minimum absolute atomic E-state index is 0.619. The predicted molar refractivity (Wildman–Crippen MR) is 82.1 cm³/mol. The molecule has 0 fully saturated rings. The molecule has 0 aliphatic rings. The molecule has 0 aliphatic heterocycles. The molecule has 0 saturated heterocycles. The van der Waals surface area contributed by atoms with Crippen LogP contribution in [0, 0.1) is 0 Å². The molecule has 2 aromatic rings. The Morgan fingerprint density at radius 3 is 2.35 bits per heavy atom. The van der Waals surface area contributed by atoms with E-state index < -0.39 is 0 Å². The zero-order valence-electron chi connectivity index (χ0n) is 11.7. The van der Waals surface area contributed by atoms with Crippen LogP contribution in [0.2, 0.25) is 0 Å². The van der Waals surface area contributed by atoms with Gasteiger partial charge in [-0.1, -0.05) is 12.1 Å². The van der Waals surface area contributed by atoms with Gasteiger partial charge in [-0.3, -0.25) is 4.79 Å². The summed E-state index contributed by atoms with van der Waals surface area (Å²) < 4.78 is 10.5. The number of methoxy groups -OCH3 is 2. The van der Waals surface area contributed by atoms with Crippen molar-refractivity contribution in [2.75, 3.05) is 20.6 Å². The second-order valence-electron chi connectivity index (χ2n) is 3.81. The zero-order valence-corrected chi connectivity index (χ0v) is 12.5. The molecule has 0 saturated carbocycles. The summed E-state index contributed by atoms with van der Waals surface area (Å²) in [5.41, 5.74) is 2.45. The first-order valence-corrected chi connectivity index (χ1v) is 6.69. The molecule has 3 nitrogen and oxygen atoms in total. The molecule has 0 N–H and O–H groups in total. The predicted octanol–water partition coefficient (Wildman–Crippen LogP) is 4.04. The highest BCUT2D eigenvalue weighted by Crippen LogP contribution is 2.32. The third-order valence-electron chi connectivity index (χ3n) is 2.74. The van der Waals surface area contributed by atoms with E-state index in [1.54, 1.807) is 32.4 Å². The fourth-order valence-corrected chi connectivity index (χ4v) is 1.82. The normalized spacial score (nSPS) is 9.20. The van der Waals surface area contributed by atoms with E-state index in [-0.39, 0.29) is 0 Å². The Bertz CT molecular complexity index is 567. The second-order valence-corrected chi connectivity index (χ2v) is 3.81. The zero-order chi connectivity index (χ0) is 15.0.